The Balaban J connectivity index is 2.27. The zero-order chi connectivity index (χ0) is 12.6. The molecule has 1 saturated heterocycles. The maximum absolute atomic E-state index is 11.8. The molecule has 0 unspecified atom stereocenters. The highest BCUT2D eigenvalue weighted by molar-refractivity contribution is 5.93. The SMILES string of the molecule is O=C(c1c[nH]c(=O)[nH]c1=O)N1C[C@@H](O)[C@@H](O)C1. The normalized spacial score (nSPS) is 24.0. The standard InChI is InChI=1S/C9H11N3O5/c13-5-2-12(3-6(5)14)8(16)4-1-10-9(17)11-7(4)15/h1,5-6,13-14H,2-3H2,(H2,10,11,15,17)/t5-,6+. The number of aromatic amines is 2. The smallest absolute Gasteiger partial charge is 0.325 e. The number of H-pyrrole nitrogens is 2. The molecule has 0 radical (unpaired) electrons. The van der Waals surface area contributed by atoms with E-state index in [1.807, 2.05) is 4.98 Å². The number of carbonyl (C=O) groups excluding carboxylic acids is 1. The van der Waals surface area contributed by atoms with E-state index < -0.39 is 29.4 Å². The summed E-state index contributed by atoms with van der Waals surface area (Å²) in [5.41, 5.74) is -1.73. The minimum atomic E-state index is -1.01. The van der Waals surface area contributed by atoms with E-state index in [2.05, 4.69) is 4.98 Å². The average Bonchev–Trinajstić information content (AvgIpc) is 2.58. The van der Waals surface area contributed by atoms with Gasteiger partial charge in [-0.3, -0.25) is 14.6 Å². The molecule has 0 bridgehead atoms. The van der Waals surface area contributed by atoms with Gasteiger partial charge in [0.15, 0.2) is 0 Å². The van der Waals surface area contributed by atoms with E-state index in [1.165, 1.54) is 0 Å². The molecule has 17 heavy (non-hydrogen) atoms. The number of rotatable bonds is 1. The van der Waals surface area contributed by atoms with Gasteiger partial charge in [0.1, 0.15) is 5.56 Å². The van der Waals surface area contributed by atoms with Crippen LogP contribution in [-0.4, -0.2) is 56.3 Å². The fraction of sp³-hybridized carbons (Fsp3) is 0.444. The number of nitrogens with zero attached hydrogens (tertiary/aromatic N) is 1. The number of nitrogens with one attached hydrogen (secondary N) is 2. The molecular formula is C9H11N3O5. The Bertz CT molecular complexity index is 538. The quantitative estimate of drug-likeness (QED) is 0.423. The third-order valence-corrected chi connectivity index (χ3v) is 2.60. The van der Waals surface area contributed by atoms with Crippen LogP contribution in [0.3, 0.4) is 0 Å². The number of β-amino-alcohol motifs (C(OH)–C–C–N with tert-alkyl or cyclic N) is 2. The molecule has 2 rings (SSSR count). The van der Waals surface area contributed by atoms with Crippen molar-refractivity contribution in [3.05, 3.63) is 32.6 Å². The molecule has 2 atom stereocenters. The Labute approximate surface area is 94.5 Å². The Morgan fingerprint density at radius 1 is 1.29 bits per heavy atom. The summed E-state index contributed by atoms with van der Waals surface area (Å²) >= 11 is 0. The lowest BCUT2D eigenvalue weighted by Crippen LogP contribution is -2.36. The van der Waals surface area contributed by atoms with Crippen molar-refractivity contribution in [2.24, 2.45) is 0 Å². The van der Waals surface area contributed by atoms with E-state index in [9.17, 15) is 24.6 Å². The summed E-state index contributed by atoms with van der Waals surface area (Å²) < 4.78 is 0. The lowest BCUT2D eigenvalue weighted by molar-refractivity contribution is 0.0572. The van der Waals surface area contributed by atoms with Crippen molar-refractivity contribution in [2.45, 2.75) is 12.2 Å². The lowest BCUT2D eigenvalue weighted by atomic mass is 10.3. The molecule has 0 aliphatic carbocycles. The average molecular weight is 241 g/mol. The molecule has 0 spiro atoms. The highest BCUT2D eigenvalue weighted by Gasteiger charge is 2.33. The van der Waals surface area contributed by atoms with E-state index in [0.717, 1.165) is 11.1 Å². The maximum Gasteiger partial charge on any atom is 0.325 e. The molecule has 1 aromatic heterocycles. The van der Waals surface area contributed by atoms with Gasteiger partial charge < -0.3 is 20.1 Å². The van der Waals surface area contributed by atoms with Gasteiger partial charge in [-0.25, -0.2) is 4.79 Å². The summed E-state index contributed by atoms with van der Waals surface area (Å²) in [6, 6.07) is 0. The molecule has 1 aliphatic rings. The number of hydrogen-bond acceptors (Lipinski definition) is 5. The minimum absolute atomic E-state index is 0.0431. The first kappa shape index (κ1) is 11.6. The van der Waals surface area contributed by atoms with Crippen LogP contribution < -0.4 is 11.2 Å². The molecule has 1 aromatic rings. The number of amides is 1. The van der Waals surface area contributed by atoms with E-state index in [4.69, 9.17) is 0 Å². The minimum Gasteiger partial charge on any atom is -0.388 e. The van der Waals surface area contributed by atoms with Crippen LogP contribution in [0.2, 0.25) is 0 Å². The van der Waals surface area contributed by atoms with Gasteiger partial charge in [0.05, 0.1) is 12.2 Å². The Hall–Kier alpha value is -1.93. The third-order valence-electron chi connectivity index (χ3n) is 2.60. The second-order valence-electron chi connectivity index (χ2n) is 3.83. The third kappa shape index (κ3) is 2.12. The Kier molecular flexibility index (Phi) is 2.82. The van der Waals surface area contributed by atoms with Crippen LogP contribution in [0.4, 0.5) is 0 Å². The Morgan fingerprint density at radius 2 is 1.88 bits per heavy atom. The fourth-order valence-electron chi connectivity index (χ4n) is 1.67. The molecule has 0 aromatic carbocycles. The topological polar surface area (TPSA) is 126 Å². The van der Waals surface area contributed by atoms with Gasteiger partial charge in [-0.1, -0.05) is 0 Å². The maximum atomic E-state index is 11.8. The van der Waals surface area contributed by atoms with Gasteiger partial charge in [0, 0.05) is 19.3 Å². The van der Waals surface area contributed by atoms with Crippen molar-refractivity contribution in [1.29, 1.82) is 0 Å². The molecule has 0 saturated carbocycles. The van der Waals surface area contributed by atoms with Crippen molar-refractivity contribution in [3.8, 4) is 0 Å². The molecule has 1 aliphatic heterocycles. The van der Waals surface area contributed by atoms with Crippen LogP contribution >= 0.6 is 0 Å². The van der Waals surface area contributed by atoms with Crippen LogP contribution in [0.25, 0.3) is 0 Å². The number of aliphatic hydroxyl groups is 2. The van der Waals surface area contributed by atoms with Crippen molar-refractivity contribution < 1.29 is 15.0 Å². The number of likely N-dealkylation sites (tertiary alicyclic amines) is 1. The number of hydrogen-bond donors (Lipinski definition) is 4. The summed E-state index contributed by atoms with van der Waals surface area (Å²) in [6.45, 7) is -0.0862. The van der Waals surface area contributed by atoms with E-state index in [0.29, 0.717) is 0 Å². The predicted octanol–water partition coefficient (Wildman–Crippen LogP) is -2.76. The van der Waals surface area contributed by atoms with Gasteiger partial charge in [-0.05, 0) is 0 Å². The first-order valence-electron chi connectivity index (χ1n) is 4.96. The van der Waals surface area contributed by atoms with Gasteiger partial charge in [0.2, 0.25) is 0 Å². The van der Waals surface area contributed by atoms with E-state index in [1.54, 1.807) is 0 Å². The Morgan fingerprint density at radius 3 is 2.41 bits per heavy atom. The van der Waals surface area contributed by atoms with Crippen molar-refractivity contribution in [3.63, 3.8) is 0 Å². The summed E-state index contributed by atoms with van der Waals surface area (Å²) in [6.07, 6.45) is -1.01. The molecule has 1 amide bonds. The van der Waals surface area contributed by atoms with Crippen molar-refractivity contribution >= 4 is 5.91 Å². The van der Waals surface area contributed by atoms with Gasteiger partial charge in [-0.2, -0.15) is 0 Å². The fourth-order valence-corrected chi connectivity index (χ4v) is 1.67. The highest BCUT2D eigenvalue weighted by atomic mass is 16.3. The second-order valence-corrected chi connectivity index (χ2v) is 3.83. The first-order chi connectivity index (χ1) is 7.99. The second kappa shape index (κ2) is 4.15. The van der Waals surface area contributed by atoms with Gasteiger partial charge in [0.25, 0.3) is 11.5 Å². The number of aromatic nitrogens is 2. The van der Waals surface area contributed by atoms with Gasteiger partial charge in [-0.15, -0.1) is 0 Å². The van der Waals surface area contributed by atoms with Crippen molar-refractivity contribution in [1.82, 2.24) is 14.9 Å². The summed E-state index contributed by atoms with van der Waals surface area (Å²) in [5.74, 6) is -0.641. The monoisotopic (exact) mass is 241 g/mol. The molecule has 8 nitrogen and oxygen atoms in total. The summed E-state index contributed by atoms with van der Waals surface area (Å²) in [4.78, 5) is 39.2. The molecule has 4 N–H and O–H groups in total. The summed E-state index contributed by atoms with van der Waals surface area (Å²) in [5, 5.41) is 18.6. The number of aliphatic hydroxyl groups excluding tert-OH is 2. The van der Waals surface area contributed by atoms with Crippen LogP contribution in [-0.2, 0) is 0 Å². The van der Waals surface area contributed by atoms with Crippen LogP contribution in [0, 0.1) is 0 Å². The predicted molar refractivity (Wildman–Crippen MR) is 55.6 cm³/mol. The molecule has 1 fully saturated rings. The molecule has 2 heterocycles. The molecule has 92 valence electrons. The first-order valence-corrected chi connectivity index (χ1v) is 4.96. The van der Waals surface area contributed by atoms with Crippen LogP contribution in [0.1, 0.15) is 10.4 Å². The zero-order valence-corrected chi connectivity index (χ0v) is 8.71. The zero-order valence-electron chi connectivity index (χ0n) is 8.71. The lowest BCUT2D eigenvalue weighted by Gasteiger charge is -2.14. The molecule has 8 heteroatoms. The van der Waals surface area contributed by atoms with Crippen LogP contribution in [0.5, 0.6) is 0 Å². The van der Waals surface area contributed by atoms with E-state index in [-0.39, 0.29) is 18.7 Å². The largest absolute Gasteiger partial charge is 0.388 e. The number of carbonyl (C=O) groups is 1. The van der Waals surface area contributed by atoms with E-state index >= 15 is 0 Å². The highest BCUT2D eigenvalue weighted by Crippen LogP contribution is 2.11. The van der Waals surface area contributed by atoms with Crippen molar-refractivity contribution in [2.75, 3.05) is 13.1 Å². The molecular weight excluding hydrogens is 230 g/mol. The van der Waals surface area contributed by atoms with Crippen LogP contribution in [0.15, 0.2) is 15.8 Å². The van der Waals surface area contributed by atoms with Gasteiger partial charge >= 0.3 is 5.69 Å². The summed E-state index contributed by atoms with van der Waals surface area (Å²) in [7, 11) is 0.